The van der Waals surface area contributed by atoms with Gasteiger partial charge in [0, 0.05) is 23.5 Å². The standard InChI is InChI=1S/C10H14N2O4S2/c1-10(2-3-18(15,16)7-10)11-5-8-4-9(12(13)14)17-6-8/h4,6,11H,2-3,5,7H2,1H3. The van der Waals surface area contributed by atoms with Gasteiger partial charge in [-0.25, -0.2) is 8.42 Å². The molecule has 1 unspecified atom stereocenters. The smallest absolute Gasteiger partial charge is 0.306 e. The molecule has 0 aromatic carbocycles. The summed E-state index contributed by atoms with van der Waals surface area (Å²) in [6.07, 6.45) is 0.585. The summed E-state index contributed by atoms with van der Waals surface area (Å²) in [6, 6.07) is 1.52. The fourth-order valence-corrected chi connectivity index (χ4v) is 4.87. The normalized spacial score (nSPS) is 26.3. The number of thiophene rings is 1. The third-order valence-electron chi connectivity index (χ3n) is 3.04. The number of nitrogens with one attached hydrogen (secondary N) is 1. The van der Waals surface area contributed by atoms with Gasteiger partial charge < -0.3 is 5.32 Å². The maximum Gasteiger partial charge on any atom is 0.324 e. The minimum absolute atomic E-state index is 0.107. The summed E-state index contributed by atoms with van der Waals surface area (Å²) in [5, 5.41) is 15.6. The topological polar surface area (TPSA) is 89.3 Å². The first-order valence-electron chi connectivity index (χ1n) is 5.47. The van der Waals surface area contributed by atoms with Crippen LogP contribution in [0, 0.1) is 10.1 Å². The van der Waals surface area contributed by atoms with Gasteiger partial charge >= 0.3 is 5.00 Å². The monoisotopic (exact) mass is 290 g/mol. The molecule has 0 aliphatic carbocycles. The third-order valence-corrected chi connectivity index (χ3v) is 5.87. The van der Waals surface area contributed by atoms with Crippen molar-refractivity contribution in [1.29, 1.82) is 0 Å². The van der Waals surface area contributed by atoms with Crippen LogP contribution in [0.4, 0.5) is 5.00 Å². The summed E-state index contributed by atoms with van der Waals surface area (Å²) in [6.45, 7) is 2.33. The Bertz CT molecular complexity index is 566. The number of hydrogen-bond acceptors (Lipinski definition) is 6. The van der Waals surface area contributed by atoms with Gasteiger partial charge in [-0.3, -0.25) is 10.1 Å². The molecule has 8 heteroatoms. The minimum Gasteiger partial charge on any atom is -0.306 e. The number of nitrogens with zero attached hydrogens (tertiary/aromatic N) is 1. The molecule has 2 heterocycles. The van der Waals surface area contributed by atoms with E-state index in [0.29, 0.717) is 13.0 Å². The predicted molar refractivity (Wildman–Crippen MR) is 69.5 cm³/mol. The zero-order chi connectivity index (χ0) is 13.4. The van der Waals surface area contributed by atoms with Gasteiger partial charge in [-0.2, -0.15) is 0 Å². The van der Waals surface area contributed by atoms with E-state index in [-0.39, 0.29) is 16.5 Å². The molecule has 1 aliphatic heterocycles. The van der Waals surface area contributed by atoms with Crippen LogP contribution in [-0.2, 0) is 16.4 Å². The molecule has 1 fully saturated rings. The largest absolute Gasteiger partial charge is 0.324 e. The second-order valence-corrected chi connectivity index (χ2v) is 7.88. The average molecular weight is 290 g/mol. The van der Waals surface area contributed by atoms with Gasteiger partial charge in [0.25, 0.3) is 0 Å². The van der Waals surface area contributed by atoms with Crippen molar-refractivity contribution in [2.75, 3.05) is 11.5 Å². The van der Waals surface area contributed by atoms with Crippen LogP contribution >= 0.6 is 11.3 Å². The van der Waals surface area contributed by atoms with E-state index in [0.717, 1.165) is 16.9 Å². The summed E-state index contributed by atoms with van der Waals surface area (Å²) in [4.78, 5) is 10.1. The SMILES string of the molecule is CC1(NCc2csc([N+](=O)[O-])c2)CCS(=O)(=O)C1. The van der Waals surface area contributed by atoms with Gasteiger partial charge in [0.1, 0.15) is 0 Å². The number of sulfone groups is 1. The maximum atomic E-state index is 11.4. The number of nitro groups is 1. The van der Waals surface area contributed by atoms with Crippen LogP contribution in [0.1, 0.15) is 18.9 Å². The first kappa shape index (κ1) is 13.4. The lowest BCUT2D eigenvalue weighted by Gasteiger charge is -2.23. The number of hydrogen-bond donors (Lipinski definition) is 1. The predicted octanol–water partition coefficient (Wildman–Crippen LogP) is 1.32. The van der Waals surface area contributed by atoms with Crippen molar-refractivity contribution in [3.05, 3.63) is 27.1 Å². The van der Waals surface area contributed by atoms with Crippen LogP contribution < -0.4 is 5.32 Å². The van der Waals surface area contributed by atoms with Crippen LogP contribution in [0.25, 0.3) is 0 Å². The average Bonchev–Trinajstić information content (AvgIpc) is 2.81. The third kappa shape index (κ3) is 3.06. The quantitative estimate of drug-likeness (QED) is 0.667. The van der Waals surface area contributed by atoms with E-state index in [1.165, 1.54) is 6.07 Å². The Morgan fingerprint density at radius 1 is 1.61 bits per heavy atom. The van der Waals surface area contributed by atoms with Crippen LogP contribution in [0.2, 0.25) is 0 Å². The zero-order valence-electron chi connectivity index (χ0n) is 9.88. The Morgan fingerprint density at radius 2 is 2.33 bits per heavy atom. The Morgan fingerprint density at radius 3 is 2.83 bits per heavy atom. The van der Waals surface area contributed by atoms with Crippen molar-refractivity contribution in [1.82, 2.24) is 5.32 Å². The molecule has 2 rings (SSSR count). The highest BCUT2D eigenvalue weighted by Crippen LogP contribution is 2.26. The molecule has 100 valence electrons. The van der Waals surface area contributed by atoms with Crippen molar-refractivity contribution in [3.63, 3.8) is 0 Å². The molecule has 0 bridgehead atoms. The molecule has 0 radical (unpaired) electrons. The van der Waals surface area contributed by atoms with Gasteiger partial charge in [0.15, 0.2) is 9.84 Å². The highest BCUT2D eigenvalue weighted by atomic mass is 32.2. The summed E-state index contributed by atoms with van der Waals surface area (Å²) in [5.74, 6) is 0.340. The maximum absolute atomic E-state index is 11.4. The molecule has 1 aliphatic rings. The summed E-state index contributed by atoms with van der Waals surface area (Å²) in [5.41, 5.74) is 0.396. The van der Waals surface area contributed by atoms with E-state index in [1.807, 2.05) is 6.92 Å². The van der Waals surface area contributed by atoms with E-state index in [4.69, 9.17) is 0 Å². The van der Waals surface area contributed by atoms with Gasteiger partial charge in [0.05, 0.1) is 16.4 Å². The van der Waals surface area contributed by atoms with E-state index in [2.05, 4.69) is 5.32 Å². The fraction of sp³-hybridized carbons (Fsp3) is 0.600. The lowest BCUT2D eigenvalue weighted by atomic mass is 10.0. The fourth-order valence-electron chi connectivity index (χ4n) is 2.02. The lowest BCUT2D eigenvalue weighted by Crippen LogP contribution is -2.42. The van der Waals surface area contributed by atoms with E-state index in [1.54, 1.807) is 5.38 Å². The van der Waals surface area contributed by atoms with Crippen LogP contribution in [0.5, 0.6) is 0 Å². The second kappa shape index (κ2) is 4.60. The van der Waals surface area contributed by atoms with Crippen molar-refractivity contribution >= 4 is 26.2 Å². The first-order valence-corrected chi connectivity index (χ1v) is 8.17. The van der Waals surface area contributed by atoms with Crippen molar-refractivity contribution in [2.24, 2.45) is 0 Å². The van der Waals surface area contributed by atoms with Crippen molar-refractivity contribution < 1.29 is 13.3 Å². The number of rotatable bonds is 4. The van der Waals surface area contributed by atoms with Gasteiger partial charge in [-0.05, 0) is 18.9 Å². The summed E-state index contributed by atoms with van der Waals surface area (Å²) in [7, 11) is -2.93. The molecule has 0 spiro atoms. The molecule has 1 atom stereocenters. The van der Waals surface area contributed by atoms with Gasteiger partial charge in [-0.1, -0.05) is 11.3 Å². The van der Waals surface area contributed by atoms with E-state index in [9.17, 15) is 18.5 Å². The minimum atomic E-state index is -2.93. The first-order chi connectivity index (χ1) is 8.30. The summed E-state index contributed by atoms with van der Waals surface area (Å²) < 4.78 is 22.8. The molecule has 1 saturated heterocycles. The molecule has 0 saturated carbocycles. The van der Waals surface area contributed by atoms with E-state index >= 15 is 0 Å². The van der Waals surface area contributed by atoms with Crippen LogP contribution in [0.3, 0.4) is 0 Å². The molecule has 1 aromatic rings. The molecular formula is C10H14N2O4S2. The molecule has 0 amide bonds. The molecule has 1 aromatic heterocycles. The van der Waals surface area contributed by atoms with Crippen molar-refractivity contribution in [3.8, 4) is 0 Å². The van der Waals surface area contributed by atoms with E-state index < -0.39 is 20.3 Å². The highest BCUT2D eigenvalue weighted by molar-refractivity contribution is 7.91. The molecular weight excluding hydrogens is 276 g/mol. The Balaban J connectivity index is 1.97. The molecule has 18 heavy (non-hydrogen) atoms. The van der Waals surface area contributed by atoms with Crippen molar-refractivity contribution in [2.45, 2.75) is 25.4 Å². The zero-order valence-corrected chi connectivity index (χ0v) is 11.5. The second-order valence-electron chi connectivity index (χ2n) is 4.81. The molecule has 6 nitrogen and oxygen atoms in total. The van der Waals surface area contributed by atoms with Gasteiger partial charge in [-0.15, -0.1) is 0 Å². The van der Waals surface area contributed by atoms with Crippen LogP contribution in [-0.4, -0.2) is 30.4 Å². The molecule has 1 N–H and O–H groups in total. The lowest BCUT2D eigenvalue weighted by molar-refractivity contribution is -0.380. The van der Waals surface area contributed by atoms with Crippen LogP contribution in [0.15, 0.2) is 11.4 Å². The van der Waals surface area contributed by atoms with Gasteiger partial charge in [0.2, 0.25) is 0 Å². The Kier molecular flexibility index (Phi) is 3.43. The Labute approximate surface area is 109 Å². The highest BCUT2D eigenvalue weighted by Gasteiger charge is 2.37. The Hall–Kier alpha value is -0.990. The summed E-state index contributed by atoms with van der Waals surface area (Å²) >= 11 is 1.08.